The Morgan fingerprint density at radius 3 is 2.69 bits per heavy atom. The van der Waals surface area contributed by atoms with Gasteiger partial charge in [-0.3, -0.25) is 19.1 Å². The van der Waals surface area contributed by atoms with E-state index in [0.717, 1.165) is 11.5 Å². The van der Waals surface area contributed by atoms with Crippen LogP contribution in [0.25, 0.3) is 16.2 Å². The van der Waals surface area contributed by atoms with Crippen LogP contribution in [0, 0.1) is 12.8 Å². The van der Waals surface area contributed by atoms with Crippen molar-refractivity contribution in [2.24, 2.45) is 5.92 Å². The van der Waals surface area contributed by atoms with Gasteiger partial charge in [0.15, 0.2) is 11.4 Å². The van der Waals surface area contributed by atoms with Crippen molar-refractivity contribution in [3.8, 4) is 5.13 Å². The number of nitrogens with zero attached hydrogens (tertiary/aromatic N) is 6. The summed E-state index contributed by atoms with van der Waals surface area (Å²) in [5.74, 6) is -0.934. The predicted octanol–water partition coefficient (Wildman–Crippen LogP) is 1.96. The number of pyridine rings is 3. The van der Waals surface area contributed by atoms with E-state index in [0.29, 0.717) is 40.9 Å². The van der Waals surface area contributed by atoms with Crippen molar-refractivity contribution in [3.63, 3.8) is 0 Å². The summed E-state index contributed by atoms with van der Waals surface area (Å²) in [5, 5.41) is 10.1. The molecular formula is C21H16N6O4S. The molecule has 5 heterocycles. The highest BCUT2D eigenvalue weighted by molar-refractivity contribution is 7.08. The molecule has 0 aliphatic carbocycles. The number of anilines is 1. The minimum Gasteiger partial charge on any atom is -0.477 e. The van der Waals surface area contributed by atoms with Gasteiger partial charge in [0.1, 0.15) is 23.4 Å². The van der Waals surface area contributed by atoms with Gasteiger partial charge < -0.3 is 10.0 Å². The second-order valence-corrected chi connectivity index (χ2v) is 8.21. The molecular weight excluding hydrogens is 432 g/mol. The Morgan fingerprint density at radius 2 is 2.03 bits per heavy atom. The van der Waals surface area contributed by atoms with Crippen molar-refractivity contribution < 1.29 is 14.7 Å². The summed E-state index contributed by atoms with van der Waals surface area (Å²) in [5.41, 5.74) is 0.361. The van der Waals surface area contributed by atoms with Crippen molar-refractivity contribution in [2.45, 2.75) is 6.92 Å². The molecule has 0 unspecified atom stereocenters. The van der Waals surface area contributed by atoms with Crippen LogP contribution in [0.15, 0.2) is 47.8 Å². The van der Waals surface area contributed by atoms with Gasteiger partial charge in [-0.05, 0) is 30.7 Å². The maximum atomic E-state index is 12.8. The molecule has 11 heteroatoms. The van der Waals surface area contributed by atoms with E-state index >= 15 is 0 Å². The van der Waals surface area contributed by atoms with Crippen LogP contribution in [-0.4, -0.2) is 53.8 Å². The maximum Gasteiger partial charge on any atom is 0.341 e. The van der Waals surface area contributed by atoms with E-state index in [1.807, 2.05) is 4.90 Å². The highest BCUT2D eigenvalue weighted by Gasteiger charge is 2.35. The summed E-state index contributed by atoms with van der Waals surface area (Å²) >= 11 is 1.06. The van der Waals surface area contributed by atoms with Crippen LogP contribution in [0.2, 0.25) is 0 Å². The minimum absolute atomic E-state index is 0.0174. The molecule has 0 aromatic carbocycles. The Morgan fingerprint density at radius 1 is 1.22 bits per heavy atom. The zero-order chi connectivity index (χ0) is 22.4. The first-order valence-electron chi connectivity index (χ1n) is 9.71. The molecule has 4 aromatic rings. The van der Waals surface area contributed by atoms with Crippen LogP contribution >= 0.6 is 11.5 Å². The number of carbonyl (C=O) groups excluding carboxylic acids is 1. The number of fused-ring (bicyclic) bond motifs is 1. The van der Waals surface area contributed by atoms with Crippen molar-refractivity contribution in [1.29, 1.82) is 0 Å². The van der Waals surface area contributed by atoms with E-state index in [2.05, 4.69) is 19.3 Å². The van der Waals surface area contributed by atoms with Gasteiger partial charge in [-0.2, -0.15) is 4.37 Å². The molecule has 32 heavy (non-hydrogen) atoms. The van der Waals surface area contributed by atoms with Gasteiger partial charge in [0.25, 0.3) is 0 Å². The van der Waals surface area contributed by atoms with Crippen molar-refractivity contribution >= 4 is 40.1 Å². The van der Waals surface area contributed by atoms with E-state index in [1.165, 1.54) is 17.1 Å². The first-order valence-corrected chi connectivity index (χ1v) is 10.5. The molecule has 0 spiro atoms. The fourth-order valence-electron chi connectivity index (χ4n) is 3.76. The zero-order valence-electron chi connectivity index (χ0n) is 16.8. The molecule has 0 saturated carbocycles. The number of rotatable bonds is 5. The number of hydrogen-bond acceptors (Lipinski definition) is 9. The molecule has 0 bridgehead atoms. The van der Waals surface area contributed by atoms with E-state index in [4.69, 9.17) is 0 Å². The highest BCUT2D eigenvalue weighted by Crippen LogP contribution is 2.29. The van der Waals surface area contributed by atoms with Crippen molar-refractivity contribution in [2.75, 3.05) is 18.0 Å². The van der Waals surface area contributed by atoms with Crippen molar-refractivity contribution in [1.82, 2.24) is 23.9 Å². The molecule has 1 aliphatic heterocycles. The number of ketones is 1. The summed E-state index contributed by atoms with van der Waals surface area (Å²) in [4.78, 5) is 52.0. The van der Waals surface area contributed by atoms with Crippen LogP contribution in [0.1, 0.15) is 26.4 Å². The molecule has 1 aliphatic rings. The predicted molar refractivity (Wildman–Crippen MR) is 117 cm³/mol. The highest BCUT2D eigenvalue weighted by atomic mass is 32.1. The van der Waals surface area contributed by atoms with E-state index < -0.39 is 11.4 Å². The number of carboxylic acid groups (broad SMARTS) is 1. The van der Waals surface area contributed by atoms with Gasteiger partial charge in [-0.15, -0.1) is 0 Å². The Kier molecular flexibility index (Phi) is 4.74. The largest absolute Gasteiger partial charge is 0.477 e. The average molecular weight is 448 g/mol. The summed E-state index contributed by atoms with van der Waals surface area (Å²) < 4.78 is 5.45. The molecule has 1 fully saturated rings. The zero-order valence-corrected chi connectivity index (χ0v) is 17.6. The summed E-state index contributed by atoms with van der Waals surface area (Å²) in [7, 11) is 0. The second-order valence-electron chi connectivity index (χ2n) is 7.45. The van der Waals surface area contributed by atoms with Gasteiger partial charge in [0, 0.05) is 37.0 Å². The fraction of sp³-hybridized carbons (Fsp3) is 0.190. The maximum absolute atomic E-state index is 12.8. The number of carbonyl (C=O) groups is 2. The molecule has 0 atom stereocenters. The summed E-state index contributed by atoms with van der Waals surface area (Å²) in [6, 6.07) is 6.98. The monoisotopic (exact) mass is 448 g/mol. The quantitative estimate of drug-likeness (QED) is 0.455. The van der Waals surface area contributed by atoms with Crippen LogP contribution in [0.3, 0.4) is 0 Å². The number of carboxylic acids is 1. The molecule has 5 rings (SSSR count). The molecule has 0 radical (unpaired) electrons. The third-order valence-electron chi connectivity index (χ3n) is 5.42. The fourth-order valence-corrected chi connectivity index (χ4v) is 4.27. The average Bonchev–Trinajstić information content (AvgIpc) is 3.27. The first-order chi connectivity index (χ1) is 15.4. The Labute approximate surface area is 185 Å². The Balaban J connectivity index is 1.55. The molecule has 1 saturated heterocycles. The molecule has 0 amide bonds. The minimum atomic E-state index is -1.32. The number of aromatic nitrogens is 5. The lowest BCUT2D eigenvalue weighted by atomic mass is 9.93. The molecule has 4 aromatic heterocycles. The topological polar surface area (TPSA) is 131 Å². The molecule has 10 nitrogen and oxygen atoms in total. The third-order valence-corrected chi connectivity index (χ3v) is 6.09. The van der Waals surface area contributed by atoms with Gasteiger partial charge >= 0.3 is 5.97 Å². The lowest BCUT2D eigenvalue weighted by molar-refractivity contribution is 0.0694. The van der Waals surface area contributed by atoms with Gasteiger partial charge in [0.05, 0.1) is 11.3 Å². The Bertz CT molecular complexity index is 1410. The number of aromatic carboxylic acids is 1. The van der Waals surface area contributed by atoms with Crippen LogP contribution in [0.4, 0.5) is 5.82 Å². The van der Waals surface area contributed by atoms with Gasteiger partial charge in [-0.1, -0.05) is 6.07 Å². The smallest absolute Gasteiger partial charge is 0.341 e. The van der Waals surface area contributed by atoms with E-state index in [9.17, 15) is 19.5 Å². The second kappa shape index (κ2) is 7.61. The normalized spacial score (nSPS) is 13.8. The number of Topliss-reactive ketones (excluding diaryl/α,β-unsaturated/α-hetero) is 1. The van der Waals surface area contributed by atoms with Crippen LogP contribution < -0.4 is 10.3 Å². The SMILES string of the molecule is Cc1cc(N2CC(C(=O)c3ccccn3)C2)nc2c1c(=O)c(C(=O)O)cn2-c1ncns1. The van der Waals surface area contributed by atoms with Gasteiger partial charge in [0.2, 0.25) is 10.6 Å². The first kappa shape index (κ1) is 19.9. The lowest BCUT2D eigenvalue weighted by Gasteiger charge is -2.39. The molecule has 160 valence electrons. The third kappa shape index (κ3) is 3.23. The Hall–Kier alpha value is -3.99. The van der Waals surface area contributed by atoms with E-state index in [1.54, 1.807) is 37.4 Å². The lowest BCUT2D eigenvalue weighted by Crippen LogP contribution is -2.51. The van der Waals surface area contributed by atoms with Crippen LogP contribution in [0.5, 0.6) is 0 Å². The van der Waals surface area contributed by atoms with Crippen LogP contribution in [-0.2, 0) is 0 Å². The van der Waals surface area contributed by atoms with E-state index in [-0.39, 0.29) is 22.7 Å². The molecule has 1 N–H and O–H groups in total. The van der Waals surface area contributed by atoms with Gasteiger partial charge in [-0.25, -0.2) is 14.8 Å². The summed E-state index contributed by atoms with van der Waals surface area (Å²) in [6.45, 7) is 2.69. The van der Waals surface area contributed by atoms with Crippen molar-refractivity contribution in [3.05, 3.63) is 70.0 Å². The standard InChI is InChI=1S/C21H16N6O4S/c1-11-6-15(26-7-12(8-26)17(28)14-4-2-3-5-22-14)25-19-16(11)18(29)13(20(30)31)9-27(19)21-23-10-24-32-21/h2-6,9-10,12H,7-8H2,1H3,(H,30,31). The summed E-state index contributed by atoms with van der Waals surface area (Å²) in [6.07, 6.45) is 4.17. The number of aryl methyl sites for hydroxylation is 1. The number of hydrogen-bond donors (Lipinski definition) is 1.